The maximum Gasteiger partial charge on any atom is 0.240 e. The number of anilines is 1. The molecule has 3 N–H and O–H groups in total. The molecule has 0 unspecified atom stereocenters. The molecule has 2 aromatic carbocycles. The molecule has 0 atom stereocenters. The van der Waals surface area contributed by atoms with Crippen LogP contribution in [0.15, 0.2) is 57.2 Å². The molecule has 2 aromatic rings. The zero-order valence-corrected chi connectivity index (χ0v) is 13.6. The monoisotopic (exact) mass is 322 g/mol. The smallest absolute Gasteiger partial charge is 0.240 e. The van der Waals surface area contributed by atoms with E-state index in [0.29, 0.717) is 12.2 Å². The van der Waals surface area contributed by atoms with Crippen molar-refractivity contribution in [3.63, 3.8) is 0 Å². The minimum atomic E-state index is -3.47. The van der Waals surface area contributed by atoms with E-state index in [1.807, 2.05) is 31.2 Å². The first-order valence-electron chi connectivity index (χ1n) is 6.56. The first-order chi connectivity index (χ1) is 9.92. The van der Waals surface area contributed by atoms with Gasteiger partial charge in [0, 0.05) is 22.0 Å². The van der Waals surface area contributed by atoms with Gasteiger partial charge in [-0.15, -0.1) is 0 Å². The second-order valence-corrected chi connectivity index (χ2v) is 7.50. The third-order valence-electron chi connectivity index (χ3n) is 2.88. The molecular weight excluding hydrogens is 304 g/mol. The molecule has 21 heavy (non-hydrogen) atoms. The Morgan fingerprint density at radius 2 is 1.81 bits per heavy atom. The van der Waals surface area contributed by atoms with Gasteiger partial charge in [0.2, 0.25) is 10.0 Å². The fraction of sp³-hybridized carbons (Fsp3) is 0.200. The predicted octanol–water partition coefficient (Wildman–Crippen LogP) is 3.03. The maximum absolute atomic E-state index is 12.0. The van der Waals surface area contributed by atoms with Crippen LogP contribution in [0.5, 0.6) is 0 Å². The fourth-order valence-electron chi connectivity index (χ4n) is 1.78. The van der Waals surface area contributed by atoms with Crippen molar-refractivity contribution in [2.24, 2.45) is 0 Å². The highest BCUT2D eigenvalue weighted by Gasteiger charge is 2.14. The summed E-state index contributed by atoms with van der Waals surface area (Å²) < 4.78 is 26.5. The number of hydrogen-bond donors (Lipinski definition) is 2. The Hall–Kier alpha value is -1.50. The third-order valence-corrected chi connectivity index (χ3v) is 5.50. The van der Waals surface area contributed by atoms with Crippen LogP contribution >= 0.6 is 11.8 Å². The van der Waals surface area contributed by atoms with E-state index in [0.717, 1.165) is 9.79 Å². The summed E-state index contributed by atoms with van der Waals surface area (Å²) in [5.74, 6) is 0. The first kappa shape index (κ1) is 15.9. The van der Waals surface area contributed by atoms with E-state index in [2.05, 4.69) is 4.72 Å². The van der Waals surface area contributed by atoms with Gasteiger partial charge in [0.1, 0.15) is 0 Å². The number of rotatable bonds is 5. The van der Waals surface area contributed by atoms with E-state index in [4.69, 9.17) is 5.73 Å². The van der Waals surface area contributed by atoms with Crippen molar-refractivity contribution >= 4 is 27.5 Å². The molecule has 0 bridgehead atoms. The van der Waals surface area contributed by atoms with E-state index in [1.54, 1.807) is 19.1 Å². The molecule has 4 nitrogen and oxygen atoms in total. The van der Waals surface area contributed by atoms with Gasteiger partial charge in [0.25, 0.3) is 0 Å². The van der Waals surface area contributed by atoms with Crippen LogP contribution in [-0.4, -0.2) is 15.0 Å². The summed E-state index contributed by atoms with van der Waals surface area (Å²) in [7, 11) is -3.47. The van der Waals surface area contributed by atoms with Gasteiger partial charge in [0.15, 0.2) is 0 Å². The molecular formula is C15H18N2O2S2. The molecule has 0 amide bonds. The molecule has 112 valence electrons. The lowest BCUT2D eigenvalue weighted by Crippen LogP contribution is -2.23. The zero-order chi connectivity index (χ0) is 15.5. The Morgan fingerprint density at radius 1 is 1.14 bits per heavy atom. The molecule has 0 fully saturated rings. The Balaban J connectivity index is 2.33. The van der Waals surface area contributed by atoms with Crippen molar-refractivity contribution in [1.29, 1.82) is 0 Å². The van der Waals surface area contributed by atoms with Gasteiger partial charge < -0.3 is 5.73 Å². The maximum atomic E-state index is 12.0. The van der Waals surface area contributed by atoms with Crippen LogP contribution in [0.4, 0.5) is 5.69 Å². The molecule has 0 aliphatic rings. The van der Waals surface area contributed by atoms with Crippen LogP contribution in [0.3, 0.4) is 0 Å². The van der Waals surface area contributed by atoms with Crippen molar-refractivity contribution in [3.05, 3.63) is 48.0 Å². The quantitative estimate of drug-likeness (QED) is 0.830. The summed E-state index contributed by atoms with van der Waals surface area (Å²) in [4.78, 5) is 1.98. The SMILES string of the molecule is CCNS(=O)(=O)c1ccc(N)c(Sc2ccc(C)cc2)c1. The Labute approximate surface area is 129 Å². The van der Waals surface area contributed by atoms with Crippen LogP contribution in [0, 0.1) is 6.92 Å². The predicted molar refractivity (Wildman–Crippen MR) is 87.0 cm³/mol. The number of sulfonamides is 1. The van der Waals surface area contributed by atoms with Crippen molar-refractivity contribution in [2.45, 2.75) is 28.5 Å². The zero-order valence-electron chi connectivity index (χ0n) is 12.0. The molecule has 0 saturated carbocycles. The van der Waals surface area contributed by atoms with E-state index in [-0.39, 0.29) is 4.90 Å². The minimum Gasteiger partial charge on any atom is -0.398 e. The lowest BCUT2D eigenvalue weighted by molar-refractivity contribution is 0.583. The van der Waals surface area contributed by atoms with E-state index >= 15 is 0 Å². The van der Waals surface area contributed by atoms with Crippen LogP contribution in [-0.2, 0) is 10.0 Å². The molecule has 0 spiro atoms. The summed E-state index contributed by atoms with van der Waals surface area (Å²) in [6, 6.07) is 12.8. The van der Waals surface area contributed by atoms with Crippen LogP contribution in [0.25, 0.3) is 0 Å². The van der Waals surface area contributed by atoms with Gasteiger partial charge in [-0.2, -0.15) is 0 Å². The van der Waals surface area contributed by atoms with Crippen molar-refractivity contribution in [3.8, 4) is 0 Å². The highest BCUT2D eigenvalue weighted by molar-refractivity contribution is 7.99. The lowest BCUT2D eigenvalue weighted by Gasteiger charge is -2.09. The molecule has 0 saturated heterocycles. The van der Waals surface area contributed by atoms with Gasteiger partial charge in [-0.05, 0) is 37.3 Å². The highest BCUT2D eigenvalue weighted by atomic mass is 32.2. The molecule has 0 radical (unpaired) electrons. The van der Waals surface area contributed by atoms with Gasteiger partial charge in [-0.1, -0.05) is 36.4 Å². The van der Waals surface area contributed by atoms with Gasteiger partial charge in [-0.25, -0.2) is 13.1 Å². The van der Waals surface area contributed by atoms with Gasteiger partial charge >= 0.3 is 0 Å². The minimum absolute atomic E-state index is 0.230. The molecule has 0 aliphatic heterocycles. The average Bonchev–Trinajstić information content (AvgIpc) is 2.43. The van der Waals surface area contributed by atoms with Crippen LogP contribution < -0.4 is 10.5 Å². The third kappa shape index (κ3) is 4.00. The van der Waals surface area contributed by atoms with Gasteiger partial charge in [-0.3, -0.25) is 0 Å². The number of nitrogens with two attached hydrogens (primary N) is 1. The Bertz CT molecular complexity index is 726. The largest absolute Gasteiger partial charge is 0.398 e. The van der Waals surface area contributed by atoms with Gasteiger partial charge in [0.05, 0.1) is 4.90 Å². The Morgan fingerprint density at radius 3 is 2.43 bits per heavy atom. The molecule has 0 aliphatic carbocycles. The fourth-order valence-corrected chi connectivity index (χ4v) is 3.82. The summed E-state index contributed by atoms with van der Waals surface area (Å²) in [6.07, 6.45) is 0. The van der Waals surface area contributed by atoms with Crippen LogP contribution in [0.2, 0.25) is 0 Å². The van der Waals surface area contributed by atoms with E-state index < -0.39 is 10.0 Å². The molecule has 0 heterocycles. The van der Waals surface area contributed by atoms with Crippen molar-refractivity contribution in [2.75, 3.05) is 12.3 Å². The van der Waals surface area contributed by atoms with Crippen LogP contribution in [0.1, 0.15) is 12.5 Å². The lowest BCUT2D eigenvalue weighted by atomic mass is 10.2. The normalized spacial score (nSPS) is 11.5. The Kier molecular flexibility index (Phi) is 4.92. The van der Waals surface area contributed by atoms with E-state index in [9.17, 15) is 8.42 Å². The van der Waals surface area contributed by atoms with E-state index in [1.165, 1.54) is 23.4 Å². The number of nitrogen functional groups attached to an aromatic ring is 1. The standard InChI is InChI=1S/C15H18N2O2S2/c1-3-17-21(18,19)13-8-9-14(16)15(10-13)20-12-6-4-11(2)5-7-12/h4-10,17H,3,16H2,1-2H3. The molecule has 6 heteroatoms. The number of nitrogens with one attached hydrogen (secondary N) is 1. The van der Waals surface area contributed by atoms with Crippen molar-refractivity contribution < 1.29 is 8.42 Å². The van der Waals surface area contributed by atoms with Crippen molar-refractivity contribution in [1.82, 2.24) is 4.72 Å². The first-order valence-corrected chi connectivity index (χ1v) is 8.86. The average molecular weight is 322 g/mol. The summed E-state index contributed by atoms with van der Waals surface area (Å²) in [5, 5.41) is 0. The molecule has 0 aromatic heterocycles. The highest BCUT2D eigenvalue weighted by Crippen LogP contribution is 2.33. The number of benzene rings is 2. The summed E-state index contributed by atoms with van der Waals surface area (Å²) in [6.45, 7) is 4.12. The topological polar surface area (TPSA) is 72.2 Å². The number of aryl methyl sites for hydroxylation is 1. The second-order valence-electron chi connectivity index (χ2n) is 4.62. The summed E-state index contributed by atoms with van der Waals surface area (Å²) in [5.41, 5.74) is 7.69. The molecule has 2 rings (SSSR count). The summed E-state index contributed by atoms with van der Waals surface area (Å²) >= 11 is 1.45. The number of hydrogen-bond acceptors (Lipinski definition) is 4. The second kappa shape index (κ2) is 6.51.